The molecular weight excluding hydrogens is 362 g/mol. The number of nitrogens with zero attached hydrogens (tertiary/aromatic N) is 2. The Kier molecular flexibility index (Phi) is 4.86. The van der Waals surface area contributed by atoms with Crippen LogP contribution in [0.4, 0.5) is 5.69 Å². The lowest BCUT2D eigenvalue weighted by molar-refractivity contribution is 0.269. The third-order valence-electron chi connectivity index (χ3n) is 2.65. The van der Waals surface area contributed by atoms with E-state index >= 15 is 0 Å². The minimum absolute atomic E-state index is 0.0305. The van der Waals surface area contributed by atoms with Crippen molar-refractivity contribution in [2.45, 2.75) is 11.4 Å². The zero-order valence-electron chi connectivity index (χ0n) is 11.2. The molecule has 0 bridgehead atoms. The first-order valence-corrected chi connectivity index (χ1v) is 8.23. The van der Waals surface area contributed by atoms with Gasteiger partial charge in [0, 0.05) is 6.20 Å². The van der Waals surface area contributed by atoms with E-state index in [1.165, 1.54) is 24.2 Å². The fourth-order valence-corrected chi connectivity index (χ4v) is 3.19. The van der Waals surface area contributed by atoms with Crippen LogP contribution in [0.15, 0.2) is 40.0 Å². The van der Waals surface area contributed by atoms with Crippen LogP contribution in [-0.2, 0) is 16.6 Å². The highest BCUT2D eigenvalue weighted by atomic mass is 79.9. The Balaban J connectivity index is 2.22. The topological polar surface area (TPSA) is 93.5 Å². The average molecular weight is 376 g/mol. The number of benzene rings is 1. The van der Waals surface area contributed by atoms with E-state index in [0.717, 1.165) is 0 Å². The van der Waals surface area contributed by atoms with Gasteiger partial charge in [0.25, 0.3) is 10.0 Å². The summed E-state index contributed by atoms with van der Waals surface area (Å²) >= 11 is 3.29. The number of rotatable bonds is 6. The van der Waals surface area contributed by atoms with Gasteiger partial charge < -0.3 is 9.84 Å². The van der Waals surface area contributed by atoms with Gasteiger partial charge in [-0.3, -0.25) is 9.40 Å². The maximum Gasteiger partial charge on any atom is 0.265 e. The van der Waals surface area contributed by atoms with E-state index in [2.05, 4.69) is 25.8 Å². The Morgan fingerprint density at radius 2 is 2.24 bits per heavy atom. The van der Waals surface area contributed by atoms with Gasteiger partial charge in [-0.05, 0) is 34.1 Å². The number of aromatic nitrogens is 2. The molecule has 21 heavy (non-hydrogen) atoms. The van der Waals surface area contributed by atoms with Crippen molar-refractivity contribution in [2.75, 3.05) is 18.4 Å². The van der Waals surface area contributed by atoms with Crippen LogP contribution in [-0.4, -0.2) is 37.0 Å². The zero-order chi connectivity index (χ0) is 15.5. The van der Waals surface area contributed by atoms with E-state index in [-0.39, 0.29) is 18.0 Å². The van der Waals surface area contributed by atoms with Gasteiger partial charge in [0.1, 0.15) is 10.6 Å². The molecule has 0 aliphatic rings. The van der Waals surface area contributed by atoms with E-state index in [4.69, 9.17) is 9.84 Å². The van der Waals surface area contributed by atoms with Crippen LogP contribution in [0.2, 0.25) is 0 Å². The average Bonchev–Trinajstić information content (AvgIpc) is 2.88. The molecule has 114 valence electrons. The van der Waals surface area contributed by atoms with Crippen LogP contribution in [0.1, 0.15) is 0 Å². The number of aliphatic hydroxyl groups excluding tert-OH is 1. The van der Waals surface area contributed by atoms with Crippen molar-refractivity contribution in [1.82, 2.24) is 9.78 Å². The fraction of sp³-hybridized carbons (Fsp3) is 0.250. The Hall–Kier alpha value is -1.58. The van der Waals surface area contributed by atoms with Gasteiger partial charge in [0.05, 0.1) is 36.6 Å². The summed E-state index contributed by atoms with van der Waals surface area (Å²) in [4.78, 5) is 0.0305. The van der Waals surface area contributed by atoms with Crippen LogP contribution in [0.25, 0.3) is 0 Å². The second-order valence-corrected chi connectivity index (χ2v) is 6.65. The summed E-state index contributed by atoms with van der Waals surface area (Å²) in [5.41, 5.74) is 0.401. The molecule has 1 heterocycles. The second kappa shape index (κ2) is 6.46. The molecule has 0 saturated carbocycles. The molecule has 2 N–H and O–H groups in total. The molecule has 1 aromatic carbocycles. The van der Waals surface area contributed by atoms with Crippen LogP contribution >= 0.6 is 15.9 Å². The van der Waals surface area contributed by atoms with Gasteiger partial charge in [0.2, 0.25) is 0 Å². The largest absolute Gasteiger partial charge is 0.496 e. The van der Waals surface area contributed by atoms with Gasteiger partial charge in [-0.25, -0.2) is 8.42 Å². The highest BCUT2D eigenvalue weighted by Crippen LogP contribution is 2.28. The summed E-state index contributed by atoms with van der Waals surface area (Å²) in [6, 6.07) is 4.85. The van der Waals surface area contributed by atoms with Crippen LogP contribution in [0.5, 0.6) is 5.75 Å². The number of methoxy groups -OCH3 is 1. The van der Waals surface area contributed by atoms with Crippen molar-refractivity contribution in [1.29, 1.82) is 0 Å². The van der Waals surface area contributed by atoms with Gasteiger partial charge >= 0.3 is 0 Å². The Morgan fingerprint density at radius 3 is 2.86 bits per heavy atom. The molecule has 9 heteroatoms. The molecule has 7 nitrogen and oxygen atoms in total. The smallest absolute Gasteiger partial charge is 0.265 e. The highest BCUT2D eigenvalue weighted by Gasteiger charge is 2.17. The first-order chi connectivity index (χ1) is 9.96. The SMILES string of the molecule is COc1ccc(NS(=O)(=O)c2cnn(CCO)c2)cc1Br. The van der Waals surface area contributed by atoms with Crippen LogP contribution in [0, 0.1) is 0 Å². The summed E-state index contributed by atoms with van der Waals surface area (Å²) in [5.74, 6) is 0.605. The van der Waals surface area contributed by atoms with E-state index in [0.29, 0.717) is 15.9 Å². The predicted octanol–water partition coefficient (Wildman–Crippen LogP) is 1.45. The van der Waals surface area contributed by atoms with Crippen LogP contribution in [0.3, 0.4) is 0 Å². The fourth-order valence-electron chi connectivity index (χ4n) is 1.65. The van der Waals surface area contributed by atoms with Gasteiger partial charge in [-0.15, -0.1) is 0 Å². The lowest BCUT2D eigenvalue weighted by Crippen LogP contribution is -2.12. The minimum atomic E-state index is -3.72. The number of hydrogen-bond donors (Lipinski definition) is 2. The van der Waals surface area contributed by atoms with E-state index in [9.17, 15) is 8.42 Å². The maximum absolute atomic E-state index is 12.2. The monoisotopic (exact) mass is 375 g/mol. The molecule has 0 amide bonds. The van der Waals surface area contributed by atoms with Crippen molar-refractivity contribution in [3.8, 4) is 5.75 Å². The summed E-state index contributed by atoms with van der Waals surface area (Å²) in [6.07, 6.45) is 2.59. The number of halogens is 1. The molecule has 0 unspecified atom stereocenters. The lowest BCUT2D eigenvalue weighted by Gasteiger charge is -2.08. The minimum Gasteiger partial charge on any atom is -0.496 e. The molecule has 0 saturated heterocycles. The van der Waals surface area contributed by atoms with E-state index in [1.54, 1.807) is 18.2 Å². The Bertz CT molecular complexity index is 730. The normalized spacial score (nSPS) is 11.4. The second-order valence-electron chi connectivity index (χ2n) is 4.12. The molecule has 0 atom stereocenters. The van der Waals surface area contributed by atoms with Crippen LogP contribution < -0.4 is 9.46 Å². The van der Waals surface area contributed by atoms with Crippen molar-refractivity contribution in [2.24, 2.45) is 0 Å². The molecule has 2 rings (SSSR count). The molecule has 1 aromatic heterocycles. The summed E-state index contributed by atoms with van der Waals surface area (Å²) in [6.45, 7) is 0.129. The van der Waals surface area contributed by atoms with Crippen molar-refractivity contribution >= 4 is 31.6 Å². The molecule has 2 aromatic rings. The third-order valence-corrected chi connectivity index (χ3v) is 4.61. The predicted molar refractivity (Wildman–Crippen MR) is 80.8 cm³/mol. The molecule has 0 radical (unpaired) electrons. The lowest BCUT2D eigenvalue weighted by atomic mass is 10.3. The van der Waals surface area contributed by atoms with Crippen molar-refractivity contribution in [3.63, 3.8) is 0 Å². The Labute approximate surface area is 130 Å². The first-order valence-electron chi connectivity index (χ1n) is 5.96. The molecule has 0 fully saturated rings. The zero-order valence-corrected chi connectivity index (χ0v) is 13.6. The quantitative estimate of drug-likeness (QED) is 0.796. The van der Waals surface area contributed by atoms with Crippen molar-refractivity contribution < 1.29 is 18.3 Å². The first kappa shape index (κ1) is 15.8. The summed E-state index contributed by atoms with van der Waals surface area (Å²) in [7, 11) is -2.20. The summed E-state index contributed by atoms with van der Waals surface area (Å²) < 4.78 is 34.0. The Morgan fingerprint density at radius 1 is 1.48 bits per heavy atom. The van der Waals surface area contributed by atoms with Gasteiger partial charge in [-0.2, -0.15) is 5.10 Å². The number of aliphatic hydroxyl groups is 1. The maximum atomic E-state index is 12.2. The molecular formula is C12H14BrN3O4S. The highest BCUT2D eigenvalue weighted by molar-refractivity contribution is 9.10. The molecule has 0 aliphatic carbocycles. The number of anilines is 1. The standard InChI is InChI=1S/C12H14BrN3O4S/c1-20-12-3-2-9(6-11(12)13)15-21(18,19)10-7-14-16(8-10)4-5-17/h2-3,6-8,15,17H,4-5H2,1H3. The molecule has 0 spiro atoms. The molecule has 0 aliphatic heterocycles. The number of nitrogens with one attached hydrogen (secondary N) is 1. The number of hydrogen-bond acceptors (Lipinski definition) is 5. The van der Waals surface area contributed by atoms with Gasteiger partial charge in [-0.1, -0.05) is 0 Å². The number of ether oxygens (including phenoxy) is 1. The van der Waals surface area contributed by atoms with Gasteiger partial charge in [0.15, 0.2) is 0 Å². The van der Waals surface area contributed by atoms with E-state index in [1.807, 2.05) is 0 Å². The number of sulfonamides is 1. The summed E-state index contributed by atoms with van der Waals surface area (Å²) in [5, 5.41) is 12.7. The van der Waals surface area contributed by atoms with Crippen molar-refractivity contribution in [3.05, 3.63) is 35.1 Å². The third kappa shape index (κ3) is 3.74. The van der Waals surface area contributed by atoms with E-state index < -0.39 is 10.0 Å².